The second-order valence-corrected chi connectivity index (χ2v) is 11.3. The highest BCUT2D eigenvalue weighted by Gasteiger charge is 2.27. The van der Waals surface area contributed by atoms with Crippen molar-refractivity contribution in [2.24, 2.45) is 0 Å². The Kier molecular flexibility index (Phi) is 7.97. The number of hydrogen-bond acceptors (Lipinski definition) is 9. The van der Waals surface area contributed by atoms with Gasteiger partial charge in [-0.3, -0.25) is 4.79 Å². The van der Waals surface area contributed by atoms with Crippen LogP contribution < -0.4 is 10.2 Å². The minimum Gasteiger partial charge on any atom is -0.350 e. The summed E-state index contributed by atoms with van der Waals surface area (Å²) < 4.78 is 1.77. The molecule has 0 spiro atoms. The summed E-state index contributed by atoms with van der Waals surface area (Å²) in [7, 11) is 3.97. The molecule has 43 heavy (non-hydrogen) atoms. The molecule has 5 heterocycles. The van der Waals surface area contributed by atoms with Gasteiger partial charge in [0.2, 0.25) is 5.91 Å². The van der Waals surface area contributed by atoms with Crippen LogP contribution in [0.3, 0.4) is 0 Å². The van der Waals surface area contributed by atoms with Gasteiger partial charge < -0.3 is 20.0 Å². The topological polar surface area (TPSA) is 108 Å². The Hall–Kier alpha value is -4.90. The van der Waals surface area contributed by atoms with Crippen LogP contribution in [0.15, 0.2) is 73.5 Å². The van der Waals surface area contributed by atoms with Crippen molar-refractivity contribution in [3.05, 3.63) is 90.2 Å². The van der Waals surface area contributed by atoms with Gasteiger partial charge in [-0.15, -0.1) is 0 Å². The maximum absolute atomic E-state index is 12.7. The Morgan fingerprint density at radius 2 is 1.95 bits per heavy atom. The number of piperazine rings is 1. The molecule has 1 saturated heterocycles. The van der Waals surface area contributed by atoms with Crippen LogP contribution in [0.4, 0.5) is 17.3 Å². The maximum atomic E-state index is 12.7. The first-order valence-corrected chi connectivity index (χ1v) is 14.5. The summed E-state index contributed by atoms with van der Waals surface area (Å²) in [5, 5.41) is 7.65. The number of likely N-dealkylation sites (N-methyl/N-ethyl adjacent to an activating group) is 1. The van der Waals surface area contributed by atoms with Crippen molar-refractivity contribution < 1.29 is 4.79 Å². The monoisotopic (exact) mass is 576 g/mol. The molecule has 1 fully saturated rings. The lowest BCUT2D eigenvalue weighted by molar-refractivity contribution is -0.126. The van der Waals surface area contributed by atoms with E-state index in [9.17, 15) is 4.79 Å². The van der Waals surface area contributed by atoms with E-state index in [2.05, 4.69) is 74.4 Å². The van der Waals surface area contributed by atoms with Crippen molar-refractivity contribution in [1.29, 1.82) is 0 Å². The van der Waals surface area contributed by atoms with Gasteiger partial charge in [0.25, 0.3) is 0 Å². The van der Waals surface area contributed by atoms with Crippen LogP contribution in [0, 0.1) is 6.92 Å². The summed E-state index contributed by atoms with van der Waals surface area (Å²) in [6.07, 6.45) is 9.46. The molecule has 1 aliphatic rings. The second kappa shape index (κ2) is 12.1. The highest BCUT2D eigenvalue weighted by molar-refractivity contribution is 5.89. The molecule has 0 bridgehead atoms. The predicted molar refractivity (Wildman–Crippen MR) is 169 cm³/mol. The van der Waals surface area contributed by atoms with Gasteiger partial charge in [0.15, 0.2) is 11.5 Å². The van der Waals surface area contributed by atoms with Gasteiger partial charge in [0.05, 0.1) is 5.52 Å². The number of benzene rings is 1. The molecule has 11 nitrogen and oxygen atoms in total. The Morgan fingerprint density at radius 3 is 2.77 bits per heavy atom. The second-order valence-electron chi connectivity index (χ2n) is 11.3. The van der Waals surface area contributed by atoms with Gasteiger partial charge in [-0.2, -0.15) is 5.10 Å². The Bertz CT molecular complexity index is 1800. The number of nitrogens with one attached hydrogen (secondary N) is 1. The van der Waals surface area contributed by atoms with Crippen LogP contribution >= 0.6 is 0 Å². The smallest absolute Gasteiger partial charge is 0.246 e. The molecule has 1 unspecified atom stereocenters. The number of anilines is 3. The number of nitrogens with zero attached hydrogens (tertiary/aromatic N) is 9. The number of amides is 1. The van der Waals surface area contributed by atoms with Gasteiger partial charge in [-0.05, 0) is 87.5 Å². The minimum absolute atomic E-state index is 0.0532. The van der Waals surface area contributed by atoms with E-state index >= 15 is 0 Å². The number of aromatic nitrogens is 6. The van der Waals surface area contributed by atoms with Crippen molar-refractivity contribution >= 4 is 39.9 Å². The lowest BCUT2D eigenvalue weighted by Gasteiger charge is -2.40. The van der Waals surface area contributed by atoms with E-state index in [-0.39, 0.29) is 11.9 Å². The average molecular weight is 577 g/mol. The van der Waals surface area contributed by atoms with Gasteiger partial charge in [0, 0.05) is 50.2 Å². The van der Waals surface area contributed by atoms with Crippen LogP contribution in [0.2, 0.25) is 0 Å². The third kappa shape index (κ3) is 6.31. The van der Waals surface area contributed by atoms with Crippen molar-refractivity contribution in [3.8, 4) is 0 Å². The van der Waals surface area contributed by atoms with E-state index < -0.39 is 0 Å². The quantitative estimate of drug-likeness (QED) is 0.276. The third-order valence-corrected chi connectivity index (χ3v) is 7.78. The molecule has 1 aromatic carbocycles. The molecular weight excluding hydrogens is 540 g/mol. The number of carbonyl (C=O) groups excluding carboxylic acids is 1. The van der Waals surface area contributed by atoms with Crippen LogP contribution in [0.25, 0.3) is 16.7 Å². The Morgan fingerprint density at radius 1 is 1.07 bits per heavy atom. The summed E-state index contributed by atoms with van der Waals surface area (Å²) in [6, 6.07) is 14.6. The van der Waals surface area contributed by atoms with E-state index in [4.69, 9.17) is 4.98 Å². The summed E-state index contributed by atoms with van der Waals surface area (Å²) in [6.45, 7) is 6.97. The molecule has 0 saturated carbocycles. The molecule has 1 atom stereocenters. The molecule has 5 aromatic rings. The third-order valence-electron chi connectivity index (χ3n) is 7.78. The summed E-state index contributed by atoms with van der Waals surface area (Å²) in [5.41, 5.74) is 6.85. The summed E-state index contributed by atoms with van der Waals surface area (Å²) >= 11 is 0. The van der Waals surface area contributed by atoms with Crippen molar-refractivity contribution in [1.82, 2.24) is 39.3 Å². The Labute approximate surface area is 250 Å². The number of fused-ring (bicyclic) bond motifs is 2. The van der Waals surface area contributed by atoms with Crippen LogP contribution in [-0.2, 0) is 11.2 Å². The summed E-state index contributed by atoms with van der Waals surface area (Å²) in [5.74, 6) is 1.56. The van der Waals surface area contributed by atoms with Crippen molar-refractivity contribution in [2.45, 2.75) is 26.3 Å². The van der Waals surface area contributed by atoms with E-state index in [0.29, 0.717) is 31.0 Å². The van der Waals surface area contributed by atoms with Gasteiger partial charge in [0.1, 0.15) is 24.0 Å². The van der Waals surface area contributed by atoms with Crippen LogP contribution in [-0.4, -0.2) is 91.6 Å². The number of carbonyl (C=O) groups is 1. The van der Waals surface area contributed by atoms with Crippen molar-refractivity contribution in [3.63, 3.8) is 0 Å². The fourth-order valence-electron chi connectivity index (χ4n) is 5.45. The zero-order valence-corrected chi connectivity index (χ0v) is 25.0. The number of hydrogen-bond donors (Lipinski definition) is 1. The van der Waals surface area contributed by atoms with E-state index in [1.807, 2.05) is 48.3 Å². The van der Waals surface area contributed by atoms with Gasteiger partial charge in [-0.25, -0.2) is 24.5 Å². The highest BCUT2D eigenvalue weighted by Crippen LogP contribution is 2.27. The zero-order valence-electron chi connectivity index (χ0n) is 25.0. The lowest BCUT2D eigenvalue weighted by atomic mass is 10.0. The van der Waals surface area contributed by atoms with Crippen LogP contribution in [0.1, 0.15) is 23.6 Å². The largest absolute Gasteiger partial charge is 0.350 e. The average Bonchev–Trinajstić information content (AvgIpc) is 3.46. The minimum atomic E-state index is 0.0532. The molecule has 4 aromatic heterocycles. The predicted octanol–water partition coefficient (Wildman–Crippen LogP) is 3.87. The highest BCUT2D eigenvalue weighted by atomic mass is 16.2. The molecule has 1 amide bonds. The molecule has 0 radical (unpaired) electrons. The molecule has 1 N–H and O–H groups in total. The molecular formula is C32H36N10O. The SMILES string of the molecule is Cc1cc(Nc2ncnc3ccc(N4CCN(C(=O)/C=C/CN(C)C)CC4C)nc23)ccc1Cc1ccn2ncnc2c1. The van der Waals surface area contributed by atoms with Crippen LogP contribution in [0.5, 0.6) is 0 Å². The first kappa shape index (κ1) is 28.2. The summed E-state index contributed by atoms with van der Waals surface area (Å²) in [4.78, 5) is 37.2. The van der Waals surface area contributed by atoms with E-state index in [0.717, 1.165) is 35.6 Å². The number of rotatable bonds is 8. The van der Waals surface area contributed by atoms with E-state index in [1.165, 1.54) is 16.7 Å². The molecule has 6 rings (SSSR count). The van der Waals surface area contributed by atoms with Crippen molar-refractivity contribution in [2.75, 3.05) is 50.5 Å². The van der Waals surface area contributed by atoms with Gasteiger partial charge in [-0.1, -0.05) is 12.1 Å². The normalized spacial score (nSPS) is 15.7. The molecule has 11 heteroatoms. The fraction of sp³-hybridized carbons (Fsp3) is 0.312. The number of pyridine rings is 2. The molecule has 220 valence electrons. The maximum Gasteiger partial charge on any atom is 0.246 e. The molecule has 0 aliphatic carbocycles. The first-order valence-electron chi connectivity index (χ1n) is 14.5. The molecule has 1 aliphatic heterocycles. The number of aryl methyl sites for hydroxylation is 1. The Balaban J connectivity index is 1.17. The standard InChI is InChI=1S/C32H36N10O/c1-22-16-26(8-7-25(22)17-24-11-13-42-29(18-24)34-21-36-42)37-32-31-27(33-20-35-32)9-10-28(38-31)41-15-14-40(19-23(41)2)30(43)6-5-12-39(3)4/h5-11,13,16,18,20-21,23H,12,14-15,17,19H2,1-4H3,(H,33,35,37)/b6-5+. The lowest BCUT2D eigenvalue weighted by Crippen LogP contribution is -2.53. The zero-order chi connectivity index (χ0) is 29.9. The van der Waals surface area contributed by atoms with Gasteiger partial charge >= 0.3 is 0 Å². The first-order chi connectivity index (χ1) is 20.8. The fourth-order valence-corrected chi connectivity index (χ4v) is 5.45. The van der Waals surface area contributed by atoms with E-state index in [1.54, 1.807) is 23.2 Å².